The maximum Gasteiger partial charge on any atom is 0.254 e. The third kappa shape index (κ3) is 3.81. The average Bonchev–Trinajstić information content (AvgIpc) is 2.69. The van der Waals surface area contributed by atoms with Crippen molar-refractivity contribution in [3.05, 3.63) is 86.7 Å². The van der Waals surface area contributed by atoms with Gasteiger partial charge in [-0.1, -0.05) is 28.1 Å². The molecule has 2 aromatic rings. The van der Waals surface area contributed by atoms with Gasteiger partial charge < -0.3 is 10.6 Å². The monoisotopic (exact) mass is 472 g/mol. The molecule has 1 amide bonds. The van der Waals surface area contributed by atoms with Gasteiger partial charge in [0.05, 0.1) is 5.69 Å². The molecule has 0 saturated carbocycles. The van der Waals surface area contributed by atoms with E-state index >= 15 is 0 Å². The van der Waals surface area contributed by atoms with Gasteiger partial charge in [-0.15, -0.1) is 0 Å². The van der Waals surface area contributed by atoms with Crippen molar-refractivity contribution in [2.75, 3.05) is 5.32 Å². The Kier molecular flexibility index (Phi) is 5.56. The molecule has 0 bridgehead atoms. The number of carbonyl (C=O) groups is 2. The Bertz CT molecular complexity index is 1120. The number of Topliss-reactive ketones (excluding diaryl/α,β-unsaturated/α-hetero) is 1. The Labute approximate surface area is 181 Å². The SMILES string of the molecule is CC1=C(C(=O)Nc2ccc(F)cc2F)[C@H](c2cccc(Br)c2)C2=C(CCCC2=O)N1. The summed E-state index contributed by atoms with van der Waals surface area (Å²) in [6.45, 7) is 1.77. The maximum absolute atomic E-state index is 14.1. The summed E-state index contributed by atoms with van der Waals surface area (Å²) in [5.74, 6) is -2.71. The Morgan fingerprint density at radius 2 is 1.97 bits per heavy atom. The highest BCUT2D eigenvalue weighted by Gasteiger charge is 2.38. The number of hydrogen-bond acceptors (Lipinski definition) is 3. The number of dihydropyridines is 1. The summed E-state index contributed by atoms with van der Waals surface area (Å²) < 4.78 is 28.2. The highest BCUT2D eigenvalue weighted by atomic mass is 79.9. The van der Waals surface area contributed by atoms with Gasteiger partial charge in [-0.05, 0) is 49.6 Å². The second-order valence-electron chi connectivity index (χ2n) is 7.40. The zero-order chi connectivity index (χ0) is 21.4. The molecule has 1 atom stereocenters. The van der Waals surface area contributed by atoms with E-state index in [9.17, 15) is 18.4 Å². The zero-order valence-electron chi connectivity index (χ0n) is 16.2. The van der Waals surface area contributed by atoms with Crippen LogP contribution in [0, 0.1) is 11.6 Å². The number of allylic oxidation sites excluding steroid dienone is 3. The van der Waals surface area contributed by atoms with Crippen LogP contribution in [0.1, 0.15) is 37.7 Å². The minimum Gasteiger partial charge on any atom is -0.362 e. The van der Waals surface area contributed by atoms with Gasteiger partial charge in [-0.25, -0.2) is 8.78 Å². The van der Waals surface area contributed by atoms with Crippen molar-refractivity contribution in [2.24, 2.45) is 0 Å². The lowest BCUT2D eigenvalue weighted by atomic mass is 9.75. The molecule has 1 aliphatic heterocycles. The highest BCUT2D eigenvalue weighted by molar-refractivity contribution is 9.10. The van der Waals surface area contributed by atoms with Gasteiger partial charge in [0, 0.05) is 45.4 Å². The van der Waals surface area contributed by atoms with Gasteiger partial charge in [0.2, 0.25) is 0 Å². The third-order valence-electron chi connectivity index (χ3n) is 5.38. The molecule has 4 nitrogen and oxygen atoms in total. The number of nitrogens with one attached hydrogen (secondary N) is 2. The van der Waals surface area contributed by atoms with Gasteiger partial charge in [0.25, 0.3) is 5.91 Å². The molecule has 1 heterocycles. The summed E-state index contributed by atoms with van der Waals surface area (Å²) in [5.41, 5.74) is 3.02. The van der Waals surface area contributed by atoms with E-state index in [1.54, 1.807) is 6.92 Å². The first-order chi connectivity index (χ1) is 14.3. The molecule has 30 heavy (non-hydrogen) atoms. The van der Waals surface area contributed by atoms with Gasteiger partial charge in [-0.3, -0.25) is 9.59 Å². The van der Waals surface area contributed by atoms with Gasteiger partial charge in [-0.2, -0.15) is 0 Å². The zero-order valence-corrected chi connectivity index (χ0v) is 17.8. The van der Waals surface area contributed by atoms with E-state index in [1.165, 1.54) is 6.07 Å². The van der Waals surface area contributed by atoms with Crippen molar-refractivity contribution in [1.29, 1.82) is 0 Å². The molecule has 0 aromatic heterocycles. The molecule has 154 valence electrons. The van der Waals surface area contributed by atoms with Gasteiger partial charge in [0.1, 0.15) is 11.6 Å². The van der Waals surface area contributed by atoms with Crippen LogP contribution in [0.3, 0.4) is 0 Å². The van der Waals surface area contributed by atoms with Crippen LogP contribution in [-0.2, 0) is 9.59 Å². The van der Waals surface area contributed by atoms with Crippen LogP contribution in [0.15, 0.2) is 69.5 Å². The molecule has 4 rings (SSSR count). The molecule has 7 heteroatoms. The Hall–Kier alpha value is -2.80. The first-order valence-electron chi connectivity index (χ1n) is 9.61. The van der Waals surface area contributed by atoms with Crippen LogP contribution < -0.4 is 10.6 Å². The van der Waals surface area contributed by atoms with Crippen molar-refractivity contribution in [1.82, 2.24) is 5.32 Å². The molecule has 0 saturated heterocycles. The van der Waals surface area contributed by atoms with Crippen molar-refractivity contribution in [3.63, 3.8) is 0 Å². The molecule has 2 N–H and O–H groups in total. The predicted octanol–water partition coefficient (Wildman–Crippen LogP) is 5.33. The minimum atomic E-state index is -0.863. The number of ketones is 1. The number of halogens is 3. The molecule has 0 unspecified atom stereocenters. The van der Waals surface area contributed by atoms with Crippen molar-refractivity contribution in [3.8, 4) is 0 Å². The van der Waals surface area contributed by atoms with Gasteiger partial charge >= 0.3 is 0 Å². The summed E-state index contributed by atoms with van der Waals surface area (Å²) in [5, 5.41) is 5.75. The van der Waals surface area contributed by atoms with Crippen LogP contribution in [0.5, 0.6) is 0 Å². The number of hydrogen-bond donors (Lipinski definition) is 2. The topological polar surface area (TPSA) is 58.2 Å². The summed E-state index contributed by atoms with van der Waals surface area (Å²) in [7, 11) is 0. The van der Waals surface area contributed by atoms with Crippen molar-refractivity contribution in [2.45, 2.75) is 32.1 Å². The quantitative estimate of drug-likeness (QED) is 0.634. The van der Waals surface area contributed by atoms with E-state index in [-0.39, 0.29) is 11.5 Å². The maximum atomic E-state index is 14.1. The molecule has 2 aliphatic rings. The molecular formula is C23H19BrF2N2O2. The molecule has 1 aliphatic carbocycles. The van der Waals surface area contributed by atoms with Crippen LogP contribution in [0.25, 0.3) is 0 Å². The lowest BCUT2D eigenvalue weighted by Gasteiger charge is -2.34. The third-order valence-corrected chi connectivity index (χ3v) is 5.88. The number of rotatable bonds is 3. The Morgan fingerprint density at radius 3 is 2.70 bits per heavy atom. The molecule has 0 spiro atoms. The van der Waals surface area contributed by atoms with E-state index in [0.29, 0.717) is 29.3 Å². The van der Waals surface area contributed by atoms with Crippen molar-refractivity contribution >= 4 is 33.3 Å². The lowest BCUT2D eigenvalue weighted by Crippen LogP contribution is -2.35. The van der Waals surface area contributed by atoms with Gasteiger partial charge in [0.15, 0.2) is 5.78 Å². The normalized spacial score (nSPS) is 18.8. The lowest BCUT2D eigenvalue weighted by molar-refractivity contribution is -0.116. The van der Waals surface area contributed by atoms with Crippen LogP contribution in [0.2, 0.25) is 0 Å². The minimum absolute atomic E-state index is 0.000474. The fourth-order valence-electron chi connectivity index (χ4n) is 4.08. The summed E-state index contributed by atoms with van der Waals surface area (Å²) in [4.78, 5) is 26.1. The second-order valence-corrected chi connectivity index (χ2v) is 8.31. The fraction of sp³-hybridized carbons (Fsp3) is 0.217. The van der Waals surface area contributed by atoms with E-state index in [2.05, 4.69) is 26.6 Å². The van der Waals surface area contributed by atoms with Crippen molar-refractivity contribution < 1.29 is 18.4 Å². The van der Waals surface area contributed by atoms with Crippen LogP contribution in [0.4, 0.5) is 14.5 Å². The smallest absolute Gasteiger partial charge is 0.254 e. The first-order valence-corrected chi connectivity index (χ1v) is 10.4. The van der Waals surface area contributed by atoms with Crippen LogP contribution >= 0.6 is 15.9 Å². The summed E-state index contributed by atoms with van der Waals surface area (Å²) >= 11 is 3.46. The number of benzene rings is 2. The molecule has 2 aromatic carbocycles. The standard InChI is InChI=1S/C23H19BrF2N2O2/c1-12-20(23(30)28-17-9-8-15(25)11-16(17)26)21(13-4-2-5-14(24)10-13)22-18(27-12)6-3-7-19(22)29/h2,4-5,8-11,21,27H,3,6-7H2,1H3,(H,28,30)/t21-/m0/s1. The second kappa shape index (κ2) is 8.14. The van der Waals surface area contributed by atoms with E-state index in [4.69, 9.17) is 0 Å². The highest BCUT2D eigenvalue weighted by Crippen LogP contribution is 2.43. The molecular weight excluding hydrogens is 454 g/mol. The largest absolute Gasteiger partial charge is 0.362 e. The molecule has 0 fully saturated rings. The number of anilines is 1. The first kappa shape index (κ1) is 20.5. The van der Waals surface area contributed by atoms with E-state index in [0.717, 1.165) is 34.6 Å². The molecule has 0 radical (unpaired) electrons. The Balaban J connectivity index is 1.79. The van der Waals surface area contributed by atoms with E-state index < -0.39 is 23.5 Å². The summed E-state index contributed by atoms with van der Waals surface area (Å²) in [6.07, 6.45) is 1.90. The van der Waals surface area contributed by atoms with Crippen LogP contribution in [-0.4, -0.2) is 11.7 Å². The predicted molar refractivity (Wildman–Crippen MR) is 114 cm³/mol. The number of amides is 1. The fourth-order valence-corrected chi connectivity index (χ4v) is 4.50. The average molecular weight is 473 g/mol. The number of carbonyl (C=O) groups excluding carboxylic acids is 2. The van der Waals surface area contributed by atoms with E-state index in [1.807, 2.05) is 24.3 Å². The summed E-state index contributed by atoms with van der Waals surface area (Å²) in [6, 6.07) is 10.4. The Morgan fingerprint density at radius 1 is 1.17 bits per heavy atom.